The van der Waals surface area contributed by atoms with Crippen LogP contribution in [0, 0.1) is 14.9 Å². The molecule has 0 aliphatic carbocycles. The minimum atomic E-state index is -0.0539. The quantitative estimate of drug-likeness (QED) is 0.622. The molecule has 0 N–H and O–H groups in total. The van der Waals surface area contributed by atoms with Crippen molar-refractivity contribution in [1.29, 1.82) is 5.26 Å². The van der Waals surface area contributed by atoms with E-state index in [9.17, 15) is 4.79 Å². The number of methoxy groups -OCH3 is 1. The number of amides is 1. The van der Waals surface area contributed by atoms with E-state index in [-0.39, 0.29) is 5.91 Å². The van der Waals surface area contributed by atoms with Gasteiger partial charge in [-0.15, -0.1) is 0 Å². The molecule has 0 spiro atoms. The van der Waals surface area contributed by atoms with Gasteiger partial charge in [-0.25, -0.2) is 0 Å². The van der Waals surface area contributed by atoms with E-state index < -0.39 is 0 Å². The summed E-state index contributed by atoms with van der Waals surface area (Å²) >= 11 is 2.15. The molecule has 1 amide bonds. The first-order valence-electron chi connectivity index (χ1n) is 7.69. The lowest BCUT2D eigenvalue weighted by molar-refractivity contribution is 0.0760. The van der Waals surface area contributed by atoms with Crippen LogP contribution in [-0.2, 0) is 6.42 Å². The maximum atomic E-state index is 12.8. The maximum absolute atomic E-state index is 12.8. The summed E-state index contributed by atoms with van der Waals surface area (Å²) in [5, 5.41) is 8.86. The van der Waals surface area contributed by atoms with Crippen molar-refractivity contribution in [1.82, 2.24) is 4.90 Å². The highest BCUT2D eigenvalue weighted by atomic mass is 127. The third-order valence-corrected chi connectivity index (χ3v) is 4.54. The van der Waals surface area contributed by atoms with Crippen LogP contribution in [0.25, 0.3) is 0 Å². The van der Waals surface area contributed by atoms with Crippen molar-refractivity contribution in [3.8, 4) is 11.8 Å². The van der Waals surface area contributed by atoms with Gasteiger partial charge in [-0.2, -0.15) is 5.26 Å². The molecule has 0 saturated heterocycles. The molecule has 2 aromatic rings. The van der Waals surface area contributed by atoms with E-state index in [1.165, 1.54) is 5.56 Å². The number of hydrogen-bond acceptors (Lipinski definition) is 3. The first-order valence-corrected chi connectivity index (χ1v) is 8.77. The van der Waals surface area contributed by atoms with Crippen LogP contribution in [0.5, 0.6) is 5.75 Å². The average molecular weight is 434 g/mol. The Morgan fingerprint density at radius 3 is 2.58 bits per heavy atom. The fraction of sp³-hybridized carbons (Fsp3) is 0.263. The van der Waals surface area contributed by atoms with Crippen LogP contribution in [0.15, 0.2) is 48.5 Å². The van der Waals surface area contributed by atoms with Gasteiger partial charge in [0.2, 0.25) is 0 Å². The lowest BCUT2D eigenvalue weighted by Gasteiger charge is -2.22. The lowest BCUT2D eigenvalue weighted by atomic mass is 10.1. The summed E-state index contributed by atoms with van der Waals surface area (Å²) < 4.78 is 6.13. The number of nitrogens with zero attached hydrogens (tertiary/aromatic N) is 2. The number of benzene rings is 2. The van der Waals surface area contributed by atoms with Crippen molar-refractivity contribution in [2.75, 3.05) is 20.2 Å². The van der Waals surface area contributed by atoms with Crippen molar-refractivity contribution in [3.05, 3.63) is 63.2 Å². The second-order valence-electron chi connectivity index (χ2n) is 5.29. The molecular weight excluding hydrogens is 415 g/mol. The number of rotatable bonds is 7. The van der Waals surface area contributed by atoms with Gasteiger partial charge in [0.05, 0.1) is 23.2 Å². The molecule has 0 unspecified atom stereocenters. The van der Waals surface area contributed by atoms with Gasteiger partial charge in [0.25, 0.3) is 5.91 Å². The molecule has 0 aliphatic rings. The van der Waals surface area contributed by atoms with E-state index in [2.05, 4.69) is 28.7 Å². The number of carbonyl (C=O) groups is 1. The predicted octanol–water partition coefficient (Wildman–Crippen LogP) is 3.90. The SMILES string of the molecule is COc1ccc(C(=O)N(CCC#N)CCc2ccccc2)cc1I. The summed E-state index contributed by atoms with van der Waals surface area (Å²) in [6.45, 7) is 1.03. The van der Waals surface area contributed by atoms with Gasteiger partial charge < -0.3 is 9.64 Å². The Morgan fingerprint density at radius 2 is 1.96 bits per heavy atom. The molecule has 0 heterocycles. The fourth-order valence-electron chi connectivity index (χ4n) is 2.39. The second-order valence-corrected chi connectivity index (χ2v) is 6.45. The van der Waals surface area contributed by atoms with Crippen LogP contribution in [0.3, 0.4) is 0 Å². The minimum absolute atomic E-state index is 0.0539. The van der Waals surface area contributed by atoms with E-state index in [0.29, 0.717) is 25.1 Å². The Kier molecular flexibility index (Phi) is 7.07. The Labute approximate surface area is 156 Å². The molecule has 0 atom stereocenters. The normalized spacial score (nSPS) is 10.0. The van der Waals surface area contributed by atoms with Crippen LogP contribution >= 0.6 is 22.6 Å². The van der Waals surface area contributed by atoms with Crippen LogP contribution in [0.2, 0.25) is 0 Å². The largest absolute Gasteiger partial charge is 0.496 e. The highest BCUT2D eigenvalue weighted by Gasteiger charge is 2.16. The summed E-state index contributed by atoms with van der Waals surface area (Å²) in [6, 6.07) is 17.6. The van der Waals surface area contributed by atoms with Gasteiger partial charge in [0.1, 0.15) is 5.75 Å². The topological polar surface area (TPSA) is 53.3 Å². The molecule has 0 aliphatic heterocycles. The van der Waals surface area contributed by atoms with Crippen molar-refractivity contribution in [2.45, 2.75) is 12.8 Å². The van der Waals surface area contributed by atoms with Gasteiger partial charge in [0.15, 0.2) is 0 Å². The minimum Gasteiger partial charge on any atom is -0.496 e. The molecule has 0 radical (unpaired) electrons. The van der Waals surface area contributed by atoms with Crippen LogP contribution in [-0.4, -0.2) is 31.0 Å². The summed E-state index contributed by atoms with van der Waals surface area (Å²) in [4.78, 5) is 14.5. The van der Waals surface area contributed by atoms with Crippen LogP contribution in [0.1, 0.15) is 22.3 Å². The third-order valence-electron chi connectivity index (χ3n) is 3.69. The maximum Gasteiger partial charge on any atom is 0.253 e. The highest BCUT2D eigenvalue weighted by Crippen LogP contribution is 2.22. The molecule has 5 heteroatoms. The van der Waals surface area contributed by atoms with Crippen molar-refractivity contribution >= 4 is 28.5 Å². The second kappa shape index (κ2) is 9.28. The Bertz CT molecular complexity index is 726. The van der Waals surface area contributed by atoms with Crippen molar-refractivity contribution in [2.24, 2.45) is 0 Å². The van der Waals surface area contributed by atoms with Gasteiger partial charge >= 0.3 is 0 Å². The highest BCUT2D eigenvalue weighted by molar-refractivity contribution is 14.1. The van der Waals surface area contributed by atoms with Crippen molar-refractivity contribution in [3.63, 3.8) is 0 Å². The molecule has 0 saturated carbocycles. The van der Waals surface area contributed by atoms with E-state index in [1.807, 2.05) is 36.4 Å². The summed E-state index contributed by atoms with van der Waals surface area (Å²) in [5.41, 5.74) is 1.79. The van der Waals surface area contributed by atoms with Gasteiger partial charge in [-0.05, 0) is 52.8 Å². The van der Waals surface area contributed by atoms with Crippen LogP contribution in [0.4, 0.5) is 0 Å². The Morgan fingerprint density at radius 1 is 1.21 bits per heavy atom. The van der Waals surface area contributed by atoms with Gasteiger partial charge in [-0.3, -0.25) is 4.79 Å². The first kappa shape index (κ1) is 18.3. The molecule has 0 aromatic heterocycles. The third kappa shape index (κ3) is 4.96. The van der Waals surface area contributed by atoms with E-state index >= 15 is 0 Å². The zero-order valence-corrected chi connectivity index (χ0v) is 15.7. The lowest BCUT2D eigenvalue weighted by Crippen LogP contribution is -2.33. The molecule has 2 rings (SSSR count). The number of hydrogen-bond donors (Lipinski definition) is 0. The number of nitriles is 1. The fourth-order valence-corrected chi connectivity index (χ4v) is 3.13. The summed E-state index contributed by atoms with van der Waals surface area (Å²) in [7, 11) is 1.61. The van der Waals surface area contributed by atoms with E-state index in [0.717, 1.165) is 15.7 Å². The molecule has 24 heavy (non-hydrogen) atoms. The average Bonchev–Trinajstić information content (AvgIpc) is 2.62. The van der Waals surface area contributed by atoms with E-state index in [4.69, 9.17) is 10.00 Å². The monoisotopic (exact) mass is 434 g/mol. The zero-order valence-electron chi connectivity index (χ0n) is 13.5. The standard InChI is InChI=1S/C19H19IN2O2/c1-24-18-9-8-16(14-17(18)20)19(23)22(12-5-11-21)13-10-15-6-3-2-4-7-15/h2-4,6-9,14H,5,10,12-13H2,1H3. The first-order chi connectivity index (χ1) is 11.7. The Balaban J connectivity index is 2.12. The Hall–Kier alpha value is -2.07. The number of halogens is 1. The molecular formula is C19H19IN2O2. The van der Waals surface area contributed by atoms with Gasteiger partial charge in [0, 0.05) is 18.7 Å². The molecule has 0 bridgehead atoms. The zero-order chi connectivity index (χ0) is 17.4. The number of ether oxygens (including phenoxy) is 1. The summed E-state index contributed by atoms with van der Waals surface area (Å²) in [5.74, 6) is 0.696. The smallest absolute Gasteiger partial charge is 0.253 e. The molecule has 124 valence electrons. The van der Waals surface area contributed by atoms with E-state index in [1.54, 1.807) is 24.1 Å². The molecule has 4 nitrogen and oxygen atoms in total. The molecule has 0 fully saturated rings. The summed E-state index contributed by atoms with van der Waals surface area (Å²) in [6.07, 6.45) is 1.10. The number of carbonyl (C=O) groups excluding carboxylic acids is 1. The predicted molar refractivity (Wildman–Crippen MR) is 102 cm³/mol. The van der Waals surface area contributed by atoms with Crippen LogP contribution < -0.4 is 4.74 Å². The molecule has 2 aromatic carbocycles. The van der Waals surface area contributed by atoms with Crippen molar-refractivity contribution < 1.29 is 9.53 Å². The van der Waals surface area contributed by atoms with Gasteiger partial charge in [-0.1, -0.05) is 30.3 Å².